The normalized spacial score (nSPS) is 24.9. The molecule has 0 aliphatic carbocycles. The summed E-state index contributed by atoms with van der Waals surface area (Å²) < 4.78 is 0. The maximum atomic E-state index is 11.7. The number of carbonyl (C=O) groups is 1. The molecule has 0 saturated carbocycles. The van der Waals surface area contributed by atoms with Crippen LogP contribution in [0.1, 0.15) is 25.8 Å². The number of rotatable bonds is 2. The zero-order valence-corrected chi connectivity index (χ0v) is 8.95. The van der Waals surface area contributed by atoms with Crippen LogP contribution in [0.3, 0.4) is 0 Å². The van der Waals surface area contributed by atoms with Gasteiger partial charge in [0, 0.05) is 5.56 Å². The highest BCUT2D eigenvalue weighted by Crippen LogP contribution is 2.19. The first-order valence-electron chi connectivity index (χ1n) is 5.12. The SMILES string of the molecule is CC[C@]1(C)N=C(c2ccccc2)C(=O)N1. The molecule has 0 spiro atoms. The van der Waals surface area contributed by atoms with E-state index < -0.39 is 5.66 Å². The van der Waals surface area contributed by atoms with Gasteiger partial charge < -0.3 is 5.32 Å². The van der Waals surface area contributed by atoms with Crippen LogP contribution in [0.2, 0.25) is 0 Å². The predicted molar refractivity (Wildman–Crippen MR) is 59.8 cm³/mol. The van der Waals surface area contributed by atoms with Crippen molar-refractivity contribution in [2.45, 2.75) is 25.9 Å². The molecule has 3 heteroatoms. The zero-order chi connectivity index (χ0) is 10.9. The number of aliphatic imine (C=N–C) groups is 1. The van der Waals surface area contributed by atoms with Gasteiger partial charge in [-0.05, 0) is 13.3 Å². The second kappa shape index (κ2) is 3.50. The molecule has 15 heavy (non-hydrogen) atoms. The summed E-state index contributed by atoms with van der Waals surface area (Å²) in [6.07, 6.45) is 0.801. The van der Waals surface area contributed by atoms with Gasteiger partial charge in [0.25, 0.3) is 5.91 Å². The molecular formula is C12H14N2O. The fourth-order valence-corrected chi connectivity index (χ4v) is 1.59. The molecule has 0 unspecified atom stereocenters. The van der Waals surface area contributed by atoms with E-state index in [0.717, 1.165) is 12.0 Å². The molecule has 2 rings (SSSR count). The zero-order valence-electron chi connectivity index (χ0n) is 8.95. The van der Waals surface area contributed by atoms with Crippen LogP contribution >= 0.6 is 0 Å². The van der Waals surface area contributed by atoms with Gasteiger partial charge in [0.15, 0.2) is 0 Å². The van der Waals surface area contributed by atoms with Gasteiger partial charge in [0.1, 0.15) is 11.4 Å². The van der Waals surface area contributed by atoms with E-state index >= 15 is 0 Å². The Balaban J connectivity index is 2.39. The molecule has 3 nitrogen and oxygen atoms in total. The molecule has 0 fully saturated rings. The molecule has 1 amide bonds. The van der Waals surface area contributed by atoms with Gasteiger partial charge in [0.05, 0.1) is 0 Å². The van der Waals surface area contributed by atoms with Gasteiger partial charge in [-0.2, -0.15) is 0 Å². The molecule has 78 valence electrons. The highest BCUT2D eigenvalue weighted by atomic mass is 16.2. The second-order valence-corrected chi connectivity index (χ2v) is 3.91. The molecule has 0 bridgehead atoms. The van der Waals surface area contributed by atoms with Crippen LogP contribution in [0.15, 0.2) is 35.3 Å². The standard InChI is InChI=1S/C12H14N2O/c1-3-12(2)13-10(11(15)14-12)9-7-5-4-6-8-9/h4-8H,3H2,1-2H3,(H,14,15)/t12-/m1/s1. The van der Waals surface area contributed by atoms with Crippen molar-refractivity contribution in [2.75, 3.05) is 0 Å². The van der Waals surface area contributed by atoms with E-state index in [9.17, 15) is 4.79 Å². The summed E-state index contributed by atoms with van der Waals surface area (Å²) in [4.78, 5) is 16.2. The average Bonchev–Trinajstić information content (AvgIpc) is 2.57. The first kappa shape index (κ1) is 9.90. The van der Waals surface area contributed by atoms with Crippen LogP contribution in [0, 0.1) is 0 Å². The van der Waals surface area contributed by atoms with Crippen LogP contribution in [-0.2, 0) is 4.79 Å². The molecule has 0 radical (unpaired) electrons. The van der Waals surface area contributed by atoms with E-state index in [0.29, 0.717) is 5.71 Å². The van der Waals surface area contributed by atoms with Crippen molar-refractivity contribution >= 4 is 11.6 Å². The van der Waals surface area contributed by atoms with Crippen LogP contribution in [-0.4, -0.2) is 17.3 Å². The fourth-order valence-electron chi connectivity index (χ4n) is 1.59. The van der Waals surface area contributed by atoms with Crippen LogP contribution in [0.5, 0.6) is 0 Å². The lowest BCUT2D eigenvalue weighted by molar-refractivity contribution is -0.115. The number of hydrogen-bond acceptors (Lipinski definition) is 2. The van der Waals surface area contributed by atoms with Crippen molar-refractivity contribution in [1.82, 2.24) is 5.32 Å². The predicted octanol–water partition coefficient (Wildman–Crippen LogP) is 1.73. The van der Waals surface area contributed by atoms with Crippen molar-refractivity contribution in [2.24, 2.45) is 4.99 Å². The van der Waals surface area contributed by atoms with Crippen LogP contribution in [0.4, 0.5) is 0 Å². The van der Waals surface area contributed by atoms with E-state index in [1.54, 1.807) is 0 Å². The third-order valence-electron chi connectivity index (χ3n) is 2.69. The summed E-state index contributed by atoms with van der Waals surface area (Å²) in [5.74, 6) is -0.0782. The van der Waals surface area contributed by atoms with Gasteiger partial charge in [-0.3, -0.25) is 9.79 Å². The van der Waals surface area contributed by atoms with Gasteiger partial charge in [0.2, 0.25) is 0 Å². The Kier molecular flexibility index (Phi) is 2.31. The van der Waals surface area contributed by atoms with E-state index in [-0.39, 0.29) is 5.91 Å². The lowest BCUT2D eigenvalue weighted by atomic mass is 10.1. The topological polar surface area (TPSA) is 41.5 Å². The minimum Gasteiger partial charge on any atom is -0.327 e. The van der Waals surface area contributed by atoms with E-state index in [2.05, 4.69) is 10.3 Å². The molecule has 0 aromatic heterocycles. The van der Waals surface area contributed by atoms with Crippen molar-refractivity contribution in [1.29, 1.82) is 0 Å². The number of carbonyl (C=O) groups excluding carboxylic acids is 1. The quantitative estimate of drug-likeness (QED) is 0.779. The van der Waals surface area contributed by atoms with Gasteiger partial charge >= 0.3 is 0 Å². The first-order chi connectivity index (χ1) is 7.14. The van der Waals surface area contributed by atoms with Gasteiger partial charge in [-0.1, -0.05) is 37.3 Å². The summed E-state index contributed by atoms with van der Waals surface area (Å²) in [6.45, 7) is 3.94. The van der Waals surface area contributed by atoms with Crippen molar-refractivity contribution in [3.63, 3.8) is 0 Å². The molecule has 1 aromatic rings. The molecule has 1 aromatic carbocycles. The number of amides is 1. The maximum absolute atomic E-state index is 11.7. The van der Waals surface area contributed by atoms with Crippen molar-refractivity contribution < 1.29 is 4.79 Å². The summed E-state index contributed by atoms with van der Waals surface area (Å²) in [5, 5.41) is 2.89. The summed E-state index contributed by atoms with van der Waals surface area (Å²) in [6, 6.07) is 9.55. The van der Waals surface area contributed by atoms with E-state index in [1.165, 1.54) is 0 Å². The first-order valence-corrected chi connectivity index (χ1v) is 5.12. The molecular weight excluding hydrogens is 188 g/mol. The highest BCUT2D eigenvalue weighted by molar-refractivity contribution is 6.46. The average molecular weight is 202 g/mol. The Morgan fingerprint density at radius 1 is 1.33 bits per heavy atom. The summed E-state index contributed by atoms with van der Waals surface area (Å²) >= 11 is 0. The molecule has 1 heterocycles. The lowest BCUT2D eigenvalue weighted by Gasteiger charge is -2.17. The minimum absolute atomic E-state index is 0.0782. The monoisotopic (exact) mass is 202 g/mol. The highest BCUT2D eigenvalue weighted by Gasteiger charge is 2.33. The Morgan fingerprint density at radius 2 is 2.00 bits per heavy atom. The number of hydrogen-bond donors (Lipinski definition) is 1. The van der Waals surface area contributed by atoms with Crippen LogP contribution < -0.4 is 5.32 Å². The molecule has 1 N–H and O–H groups in total. The number of nitrogens with one attached hydrogen (secondary N) is 1. The van der Waals surface area contributed by atoms with E-state index in [1.807, 2.05) is 44.2 Å². The van der Waals surface area contributed by atoms with E-state index in [4.69, 9.17) is 0 Å². The molecule has 1 aliphatic rings. The van der Waals surface area contributed by atoms with Crippen molar-refractivity contribution in [3.05, 3.63) is 35.9 Å². The van der Waals surface area contributed by atoms with Gasteiger partial charge in [-0.15, -0.1) is 0 Å². The van der Waals surface area contributed by atoms with Gasteiger partial charge in [-0.25, -0.2) is 0 Å². The lowest BCUT2D eigenvalue weighted by Crippen LogP contribution is -2.39. The third-order valence-corrected chi connectivity index (χ3v) is 2.69. The third kappa shape index (κ3) is 1.77. The molecule has 0 saturated heterocycles. The summed E-state index contributed by atoms with van der Waals surface area (Å²) in [7, 11) is 0. The Bertz CT molecular complexity index is 411. The largest absolute Gasteiger partial charge is 0.327 e. The summed E-state index contributed by atoms with van der Waals surface area (Å²) in [5.41, 5.74) is 0.995. The number of benzene rings is 1. The fraction of sp³-hybridized carbons (Fsp3) is 0.333. The van der Waals surface area contributed by atoms with Crippen LogP contribution in [0.25, 0.3) is 0 Å². The smallest absolute Gasteiger partial charge is 0.272 e. The Labute approximate surface area is 89.2 Å². The Hall–Kier alpha value is -1.64. The molecule has 1 atom stereocenters. The number of nitrogens with zero attached hydrogens (tertiary/aromatic N) is 1. The minimum atomic E-state index is -0.428. The maximum Gasteiger partial charge on any atom is 0.272 e. The Morgan fingerprint density at radius 3 is 2.53 bits per heavy atom. The van der Waals surface area contributed by atoms with Crippen molar-refractivity contribution in [3.8, 4) is 0 Å². The second-order valence-electron chi connectivity index (χ2n) is 3.91. The molecule has 1 aliphatic heterocycles.